The Bertz CT molecular complexity index is 887. The van der Waals surface area contributed by atoms with Crippen LogP contribution in [0.25, 0.3) is 0 Å². The lowest BCUT2D eigenvalue weighted by Crippen LogP contribution is -2.38. The standard InChI is InChI=1S/C23H30N2O3S/c1-29(27,28)25-16-13-21(14-17-25)18-20-9-11-22(12-10-20)23(26)24-15-5-8-19-6-3-2-4-7-19/h2-4,6-7,9-12,21H,5,8,13-18H2,1H3,(H,24,26). The highest BCUT2D eigenvalue weighted by molar-refractivity contribution is 7.88. The molecule has 1 heterocycles. The molecule has 1 N–H and O–H groups in total. The van der Waals surface area contributed by atoms with Gasteiger partial charge in [0.05, 0.1) is 6.26 Å². The zero-order valence-corrected chi connectivity index (χ0v) is 17.8. The maximum Gasteiger partial charge on any atom is 0.251 e. The fourth-order valence-electron chi connectivity index (χ4n) is 3.81. The average Bonchev–Trinajstić information content (AvgIpc) is 2.72. The van der Waals surface area contributed by atoms with Gasteiger partial charge in [-0.1, -0.05) is 42.5 Å². The van der Waals surface area contributed by atoms with Crippen molar-refractivity contribution in [1.82, 2.24) is 9.62 Å². The minimum Gasteiger partial charge on any atom is -0.352 e. The van der Waals surface area contributed by atoms with Crippen molar-refractivity contribution in [2.75, 3.05) is 25.9 Å². The van der Waals surface area contributed by atoms with Gasteiger partial charge in [0.1, 0.15) is 0 Å². The van der Waals surface area contributed by atoms with Crippen molar-refractivity contribution < 1.29 is 13.2 Å². The van der Waals surface area contributed by atoms with E-state index >= 15 is 0 Å². The maximum absolute atomic E-state index is 12.3. The smallest absolute Gasteiger partial charge is 0.251 e. The molecular formula is C23H30N2O3S. The largest absolute Gasteiger partial charge is 0.352 e. The van der Waals surface area contributed by atoms with Gasteiger partial charge in [0, 0.05) is 25.2 Å². The van der Waals surface area contributed by atoms with E-state index in [1.807, 2.05) is 42.5 Å². The lowest BCUT2D eigenvalue weighted by molar-refractivity contribution is 0.0953. The molecule has 29 heavy (non-hydrogen) atoms. The van der Waals surface area contributed by atoms with Gasteiger partial charge in [-0.25, -0.2) is 12.7 Å². The molecule has 3 rings (SSSR count). The van der Waals surface area contributed by atoms with E-state index in [1.54, 1.807) is 4.31 Å². The van der Waals surface area contributed by atoms with Crippen molar-refractivity contribution in [1.29, 1.82) is 0 Å². The first-order valence-corrected chi connectivity index (χ1v) is 12.1. The van der Waals surface area contributed by atoms with E-state index in [1.165, 1.54) is 17.4 Å². The summed E-state index contributed by atoms with van der Waals surface area (Å²) in [6.07, 6.45) is 5.85. The zero-order valence-electron chi connectivity index (χ0n) is 17.0. The highest BCUT2D eigenvalue weighted by Gasteiger charge is 2.24. The highest BCUT2D eigenvalue weighted by atomic mass is 32.2. The number of rotatable bonds is 8. The number of carbonyl (C=O) groups excluding carboxylic acids is 1. The van der Waals surface area contributed by atoms with Crippen LogP contribution < -0.4 is 5.32 Å². The molecular weight excluding hydrogens is 384 g/mol. The predicted molar refractivity (Wildman–Crippen MR) is 116 cm³/mol. The van der Waals surface area contributed by atoms with E-state index in [0.717, 1.165) is 32.1 Å². The summed E-state index contributed by atoms with van der Waals surface area (Å²) in [5.74, 6) is 0.455. The molecule has 6 heteroatoms. The van der Waals surface area contributed by atoms with Gasteiger partial charge in [-0.05, 0) is 61.3 Å². The number of aryl methyl sites for hydroxylation is 1. The molecule has 1 aliphatic rings. The molecule has 5 nitrogen and oxygen atoms in total. The molecule has 0 saturated carbocycles. The summed E-state index contributed by atoms with van der Waals surface area (Å²) in [5.41, 5.74) is 3.16. The van der Waals surface area contributed by atoms with Crippen LogP contribution in [0.3, 0.4) is 0 Å². The van der Waals surface area contributed by atoms with Crippen molar-refractivity contribution >= 4 is 15.9 Å². The number of hydrogen-bond donors (Lipinski definition) is 1. The van der Waals surface area contributed by atoms with Gasteiger partial charge in [0.25, 0.3) is 5.91 Å². The summed E-state index contributed by atoms with van der Waals surface area (Å²) < 4.78 is 24.8. The Hall–Kier alpha value is -2.18. The number of piperidine rings is 1. The Labute approximate surface area is 174 Å². The number of nitrogens with one attached hydrogen (secondary N) is 1. The molecule has 1 saturated heterocycles. The molecule has 0 radical (unpaired) electrons. The van der Waals surface area contributed by atoms with Crippen LogP contribution in [-0.2, 0) is 22.9 Å². The third kappa shape index (κ3) is 6.68. The molecule has 2 aromatic rings. The van der Waals surface area contributed by atoms with Crippen LogP contribution in [0.4, 0.5) is 0 Å². The molecule has 1 amide bonds. The first kappa shape index (κ1) is 21.5. The molecule has 0 aromatic heterocycles. The molecule has 0 unspecified atom stereocenters. The molecule has 0 atom stereocenters. The van der Waals surface area contributed by atoms with Gasteiger partial charge in [0.2, 0.25) is 10.0 Å². The molecule has 2 aromatic carbocycles. The lowest BCUT2D eigenvalue weighted by Gasteiger charge is -2.30. The molecule has 0 aliphatic carbocycles. The lowest BCUT2D eigenvalue weighted by atomic mass is 9.91. The van der Waals surface area contributed by atoms with E-state index < -0.39 is 10.0 Å². The third-order valence-electron chi connectivity index (χ3n) is 5.55. The summed E-state index contributed by atoms with van der Waals surface area (Å²) in [6.45, 7) is 1.87. The van der Waals surface area contributed by atoms with Crippen molar-refractivity contribution in [2.24, 2.45) is 5.92 Å². The number of hydrogen-bond acceptors (Lipinski definition) is 3. The topological polar surface area (TPSA) is 66.5 Å². The fraction of sp³-hybridized carbons (Fsp3) is 0.435. The average molecular weight is 415 g/mol. The molecule has 1 fully saturated rings. The number of nitrogens with zero attached hydrogens (tertiary/aromatic N) is 1. The monoisotopic (exact) mass is 414 g/mol. The summed E-state index contributed by atoms with van der Waals surface area (Å²) >= 11 is 0. The van der Waals surface area contributed by atoms with Crippen molar-refractivity contribution in [3.8, 4) is 0 Å². The van der Waals surface area contributed by atoms with Crippen LogP contribution in [0.5, 0.6) is 0 Å². The fourth-order valence-corrected chi connectivity index (χ4v) is 4.69. The maximum atomic E-state index is 12.3. The van der Waals surface area contributed by atoms with E-state index in [2.05, 4.69) is 17.4 Å². The third-order valence-corrected chi connectivity index (χ3v) is 6.86. The van der Waals surface area contributed by atoms with Gasteiger partial charge in [-0.2, -0.15) is 0 Å². The molecule has 0 spiro atoms. The quantitative estimate of drug-likeness (QED) is 0.674. The summed E-state index contributed by atoms with van der Waals surface area (Å²) in [4.78, 5) is 12.3. The summed E-state index contributed by atoms with van der Waals surface area (Å²) in [6, 6.07) is 18.1. The van der Waals surface area contributed by atoms with Crippen LogP contribution in [0.2, 0.25) is 0 Å². The Kier molecular flexibility index (Phi) is 7.45. The second kappa shape index (κ2) is 10.0. The molecule has 156 valence electrons. The second-order valence-corrected chi connectivity index (χ2v) is 9.83. The minimum atomic E-state index is -3.07. The van der Waals surface area contributed by atoms with E-state index in [-0.39, 0.29) is 5.91 Å². The Morgan fingerprint density at radius 2 is 1.66 bits per heavy atom. The Morgan fingerprint density at radius 3 is 2.28 bits per heavy atom. The van der Waals surface area contributed by atoms with Crippen LogP contribution in [0.1, 0.15) is 40.7 Å². The number of sulfonamides is 1. The zero-order chi connectivity index (χ0) is 20.7. The number of benzene rings is 2. The van der Waals surface area contributed by atoms with Crippen LogP contribution >= 0.6 is 0 Å². The van der Waals surface area contributed by atoms with Crippen molar-refractivity contribution in [3.05, 3.63) is 71.3 Å². The van der Waals surface area contributed by atoms with E-state index in [4.69, 9.17) is 0 Å². The van der Waals surface area contributed by atoms with E-state index in [9.17, 15) is 13.2 Å². The van der Waals surface area contributed by atoms with E-state index in [0.29, 0.717) is 31.1 Å². The van der Waals surface area contributed by atoms with Gasteiger partial charge in [0.15, 0.2) is 0 Å². The van der Waals surface area contributed by atoms with Crippen LogP contribution in [0, 0.1) is 5.92 Å². The van der Waals surface area contributed by atoms with Crippen LogP contribution in [0.15, 0.2) is 54.6 Å². The minimum absolute atomic E-state index is 0.0360. The predicted octanol–water partition coefficient (Wildman–Crippen LogP) is 3.26. The van der Waals surface area contributed by atoms with Crippen molar-refractivity contribution in [3.63, 3.8) is 0 Å². The first-order valence-electron chi connectivity index (χ1n) is 10.3. The SMILES string of the molecule is CS(=O)(=O)N1CCC(Cc2ccc(C(=O)NCCCc3ccccc3)cc2)CC1. The molecule has 0 bridgehead atoms. The normalized spacial score (nSPS) is 15.9. The van der Waals surface area contributed by atoms with Crippen molar-refractivity contribution in [2.45, 2.75) is 32.1 Å². The second-order valence-electron chi connectivity index (χ2n) is 7.85. The highest BCUT2D eigenvalue weighted by Crippen LogP contribution is 2.23. The summed E-state index contributed by atoms with van der Waals surface area (Å²) in [7, 11) is -3.07. The number of amides is 1. The first-order chi connectivity index (χ1) is 13.9. The van der Waals surface area contributed by atoms with Crippen LogP contribution in [-0.4, -0.2) is 44.5 Å². The van der Waals surface area contributed by atoms with Gasteiger partial charge in [-0.3, -0.25) is 4.79 Å². The molecule has 1 aliphatic heterocycles. The Morgan fingerprint density at radius 1 is 1.00 bits per heavy atom. The van der Waals surface area contributed by atoms with Gasteiger partial charge >= 0.3 is 0 Å². The Balaban J connectivity index is 1.41. The number of carbonyl (C=O) groups is 1. The van der Waals surface area contributed by atoms with Gasteiger partial charge < -0.3 is 5.32 Å². The van der Waals surface area contributed by atoms with Gasteiger partial charge in [-0.15, -0.1) is 0 Å². The summed E-state index contributed by atoms with van der Waals surface area (Å²) in [5, 5.41) is 2.99.